The lowest BCUT2D eigenvalue weighted by Gasteiger charge is -2.07. The zero-order valence-corrected chi connectivity index (χ0v) is 9.96. The molecule has 0 aliphatic rings. The second-order valence-corrected chi connectivity index (χ2v) is 3.84. The fraction of sp³-hybridized carbons (Fsp3) is 0.455. The van der Waals surface area contributed by atoms with E-state index in [4.69, 9.17) is 10.4 Å². The first kappa shape index (κ1) is 13.9. The monoisotopic (exact) mass is 250 g/mol. The van der Waals surface area contributed by atoms with E-state index in [-0.39, 0.29) is 17.1 Å². The van der Waals surface area contributed by atoms with Crippen molar-refractivity contribution in [3.05, 3.63) is 27.9 Å². The summed E-state index contributed by atoms with van der Waals surface area (Å²) in [6.45, 7) is 2.13. The second-order valence-electron chi connectivity index (χ2n) is 3.84. The molecule has 2 N–H and O–H groups in total. The van der Waals surface area contributed by atoms with Crippen LogP contribution in [-0.4, -0.2) is 27.7 Å². The molecule has 1 aromatic rings. The van der Waals surface area contributed by atoms with Gasteiger partial charge in [0.1, 0.15) is 11.6 Å². The molecular formula is C11H14N4O3. The van der Waals surface area contributed by atoms with Crippen LogP contribution in [0, 0.1) is 21.4 Å². The van der Waals surface area contributed by atoms with Crippen LogP contribution in [0.2, 0.25) is 0 Å². The van der Waals surface area contributed by atoms with E-state index in [0.29, 0.717) is 19.4 Å². The quantitative estimate of drug-likeness (QED) is 0.448. The molecule has 1 unspecified atom stereocenters. The van der Waals surface area contributed by atoms with E-state index in [1.165, 1.54) is 12.3 Å². The molecule has 7 heteroatoms. The predicted octanol–water partition coefficient (Wildman–Crippen LogP) is 1.43. The fourth-order valence-electron chi connectivity index (χ4n) is 1.46. The summed E-state index contributed by atoms with van der Waals surface area (Å²) in [6.07, 6.45) is 2.20. The lowest BCUT2D eigenvalue weighted by atomic mass is 10.2. The molecule has 1 rings (SSSR count). The molecule has 0 radical (unpaired) electrons. The number of hydrogen-bond acceptors (Lipinski definition) is 6. The van der Waals surface area contributed by atoms with Crippen LogP contribution in [0.1, 0.15) is 25.3 Å². The number of anilines is 1. The molecule has 1 aromatic heterocycles. The van der Waals surface area contributed by atoms with Gasteiger partial charge < -0.3 is 10.4 Å². The number of rotatable bonds is 6. The SMILES string of the molecule is CC(O)CCCNc1nccc(C#N)c1[N+](=O)[O-]. The van der Waals surface area contributed by atoms with Crippen LogP contribution in [-0.2, 0) is 0 Å². The normalized spacial score (nSPS) is 11.6. The molecule has 1 heterocycles. The van der Waals surface area contributed by atoms with Gasteiger partial charge in [-0.1, -0.05) is 0 Å². The molecule has 0 aliphatic heterocycles. The first-order chi connectivity index (χ1) is 8.56. The summed E-state index contributed by atoms with van der Waals surface area (Å²) in [7, 11) is 0. The van der Waals surface area contributed by atoms with Crippen LogP contribution in [0.4, 0.5) is 11.5 Å². The molecule has 7 nitrogen and oxygen atoms in total. The molecule has 1 atom stereocenters. The molecule has 0 amide bonds. The lowest BCUT2D eigenvalue weighted by molar-refractivity contribution is -0.384. The van der Waals surface area contributed by atoms with Crippen molar-refractivity contribution in [2.75, 3.05) is 11.9 Å². The number of aromatic nitrogens is 1. The number of nitrogens with one attached hydrogen (secondary N) is 1. The van der Waals surface area contributed by atoms with Crippen molar-refractivity contribution in [2.45, 2.75) is 25.9 Å². The standard InChI is InChI=1S/C11H14N4O3/c1-8(16)3-2-5-13-11-10(15(17)18)9(7-12)4-6-14-11/h4,6,8,16H,2-3,5H2,1H3,(H,13,14). The number of pyridine rings is 1. The number of nitrogens with zero attached hydrogens (tertiary/aromatic N) is 3. The van der Waals surface area contributed by atoms with Crippen molar-refractivity contribution in [3.8, 4) is 6.07 Å². The van der Waals surface area contributed by atoms with E-state index in [1.54, 1.807) is 13.0 Å². The number of hydrogen-bond donors (Lipinski definition) is 2. The zero-order valence-electron chi connectivity index (χ0n) is 9.96. The molecule has 96 valence electrons. The van der Waals surface area contributed by atoms with Gasteiger partial charge >= 0.3 is 5.69 Å². The number of nitriles is 1. The van der Waals surface area contributed by atoms with E-state index in [1.807, 2.05) is 0 Å². The highest BCUT2D eigenvalue weighted by molar-refractivity contribution is 5.63. The number of aliphatic hydroxyl groups is 1. The molecule has 0 bridgehead atoms. The summed E-state index contributed by atoms with van der Waals surface area (Å²) in [5.74, 6) is 0.0876. The van der Waals surface area contributed by atoms with Gasteiger partial charge in [0.05, 0.1) is 11.0 Å². The van der Waals surface area contributed by atoms with Crippen molar-refractivity contribution in [3.63, 3.8) is 0 Å². The molecule has 0 aromatic carbocycles. The van der Waals surface area contributed by atoms with Crippen molar-refractivity contribution in [1.82, 2.24) is 4.98 Å². The van der Waals surface area contributed by atoms with E-state index in [9.17, 15) is 10.1 Å². The first-order valence-corrected chi connectivity index (χ1v) is 5.51. The highest BCUT2D eigenvalue weighted by Gasteiger charge is 2.20. The number of nitro groups is 1. The van der Waals surface area contributed by atoms with Gasteiger partial charge in [0, 0.05) is 12.7 Å². The van der Waals surface area contributed by atoms with Crippen LogP contribution in [0.5, 0.6) is 0 Å². The summed E-state index contributed by atoms with van der Waals surface area (Å²) < 4.78 is 0. The molecule has 0 fully saturated rings. The Labute approximate surface area is 104 Å². The molecule has 18 heavy (non-hydrogen) atoms. The predicted molar refractivity (Wildman–Crippen MR) is 65.0 cm³/mol. The van der Waals surface area contributed by atoms with Crippen LogP contribution < -0.4 is 5.32 Å². The van der Waals surface area contributed by atoms with Gasteiger partial charge in [0.25, 0.3) is 0 Å². The molecule has 0 saturated carbocycles. The van der Waals surface area contributed by atoms with Crippen molar-refractivity contribution >= 4 is 11.5 Å². The zero-order chi connectivity index (χ0) is 13.5. The van der Waals surface area contributed by atoms with Gasteiger partial charge in [0.15, 0.2) is 0 Å². The molecule has 0 saturated heterocycles. The third-order valence-electron chi connectivity index (χ3n) is 2.32. The largest absolute Gasteiger partial charge is 0.393 e. The van der Waals surface area contributed by atoms with Gasteiger partial charge in [-0.25, -0.2) is 4.98 Å². The summed E-state index contributed by atoms with van der Waals surface area (Å²) in [6, 6.07) is 3.07. The van der Waals surface area contributed by atoms with Crippen molar-refractivity contribution in [2.24, 2.45) is 0 Å². The van der Waals surface area contributed by atoms with Crippen molar-refractivity contribution in [1.29, 1.82) is 5.26 Å². The lowest BCUT2D eigenvalue weighted by Crippen LogP contribution is -2.09. The Kier molecular flexibility index (Phi) is 5.02. The van der Waals surface area contributed by atoms with Crippen LogP contribution in [0.25, 0.3) is 0 Å². The minimum absolute atomic E-state index is 0.0203. The van der Waals surface area contributed by atoms with Crippen LogP contribution >= 0.6 is 0 Å². The maximum Gasteiger partial charge on any atom is 0.328 e. The van der Waals surface area contributed by atoms with Crippen LogP contribution in [0.3, 0.4) is 0 Å². The summed E-state index contributed by atoms with van der Waals surface area (Å²) in [5.41, 5.74) is -0.329. The average molecular weight is 250 g/mol. The Bertz CT molecular complexity index is 468. The third kappa shape index (κ3) is 3.68. The Morgan fingerprint density at radius 1 is 1.72 bits per heavy atom. The van der Waals surface area contributed by atoms with E-state index < -0.39 is 11.0 Å². The molecule has 0 aliphatic carbocycles. The minimum atomic E-state index is -0.622. The van der Waals surface area contributed by atoms with Gasteiger partial charge in [-0.05, 0) is 25.8 Å². The Balaban J connectivity index is 2.77. The Morgan fingerprint density at radius 3 is 3.00 bits per heavy atom. The smallest absolute Gasteiger partial charge is 0.328 e. The minimum Gasteiger partial charge on any atom is -0.393 e. The fourth-order valence-corrected chi connectivity index (χ4v) is 1.46. The second kappa shape index (κ2) is 6.51. The van der Waals surface area contributed by atoms with Crippen LogP contribution in [0.15, 0.2) is 12.3 Å². The first-order valence-electron chi connectivity index (χ1n) is 5.51. The third-order valence-corrected chi connectivity index (χ3v) is 2.32. The highest BCUT2D eigenvalue weighted by Crippen LogP contribution is 2.25. The summed E-state index contributed by atoms with van der Waals surface area (Å²) in [5, 5.41) is 31.6. The average Bonchev–Trinajstić information content (AvgIpc) is 2.33. The van der Waals surface area contributed by atoms with E-state index in [0.717, 1.165) is 0 Å². The maximum atomic E-state index is 10.9. The maximum absolute atomic E-state index is 10.9. The van der Waals surface area contributed by atoms with Gasteiger partial charge in [-0.2, -0.15) is 5.26 Å². The van der Waals surface area contributed by atoms with E-state index in [2.05, 4.69) is 10.3 Å². The summed E-state index contributed by atoms with van der Waals surface area (Å²) in [4.78, 5) is 14.1. The van der Waals surface area contributed by atoms with Crippen molar-refractivity contribution < 1.29 is 10.0 Å². The Hall–Kier alpha value is -2.20. The summed E-state index contributed by atoms with van der Waals surface area (Å²) >= 11 is 0. The van der Waals surface area contributed by atoms with Gasteiger partial charge in [-0.15, -0.1) is 0 Å². The highest BCUT2D eigenvalue weighted by atomic mass is 16.6. The Morgan fingerprint density at radius 2 is 2.44 bits per heavy atom. The topological polar surface area (TPSA) is 112 Å². The van der Waals surface area contributed by atoms with E-state index >= 15 is 0 Å². The molecule has 0 spiro atoms. The molecular weight excluding hydrogens is 236 g/mol. The van der Waals surface area contributed by atoms with Gasteiger partial charge in [-0.3, -0.25) is 10.1 Å². The number of aliphatic hydroxyl groups excluding tert-OH is 1. The van der Waals surface area contributed by atoms with Gasteiger partial charge in [0.2, 0.25) is 5.82 Å².